The normalized spacial score (nSPS) is 16.4. The summed E-state index contributed by atoms with van der Waals surface area (Å²) < 4.78 is 13.3. The lowest BCUT2D eigenvalue weighted by molar-refractivity contribution is -0.126. The Kier molecular flexibility index (Phi) is 4.37. The van der Waals surface area contributed by atoms with Gasteiger partial charge >= 0.3 is 0 Å². The molecule has 0 spiro atoms. The second kappa shape index (κ2) is 6.60. The van der Waals surface area contributed by atoms with Crippen LogP contribution in [-0.4, -0.2) is 18.4 Å². The number of halogens is 1. The van der Waals surface area contributed by atoms with Gasteiger partial charge in [0, 0.05) is 18.7 Å². The molecule has 2 aromatic rings. The van der Waals surface area contributed by atoms with Crippen LogP contribution in [0.15, 0.2) is 48.5 Å². The Morgan fingerprint density at radius 1 is 1.22 bits per heavy atom. The molecule has 0 saturated carbocycles. The average Bonchev–Trinajstić information content (AvgIpc) is 2.54. The largest absolute Gasteiger partial charge is 0.355 e. The number of anilines is 1. The molecule has 1 heterocycles. The van der Waals surface area contributed by atoms with E-state index in [0.29, 0.717) is 17.8 Å². The Labute approximate surface area is 133 Å². The van der Waals surface area contributed by atoms with Crippen LogP contribution in [-0.2, 0) is 16.0 Å². The first kappa shape index (κ1) is 15.2. The number of rotatable bonds is 4. The Hall–Kier alpha value is -2.69. The number of benzene rings is 2. The van der Waals surface area contributed by atoms with Crippen LogP contribution in [0.5, 0.6) is 0 Å². The van der Waals surface area contributed by atoms with E-state index in [1.807, 2.05) is 30.3 Å². The van der Waals surface area contributed by atoms with Crippen LogP contribution >= 0.6 is 0 Å². The van der Waals surface area contributed by atoms with Gasteiger partial charge in [0.2, 0.25) is 11.8 Å². The summed E-state index contributed by atoms with van der Waals surface area (Å²) in [4.78, 5) is 24.1. The molecule has 1 unspecified atom stereocenters. The highest BCUT2D eigenvalue weighted by molar-refractivity contribution is 6.01. The van der Waals surface area contributed by atoms with E-state index in [-0.39, 0.29) is 18.2 Å². The van der Waals surface area contributed by atoms with Gasteiger partial charge in [-0.05, 0) is 29.7 Å². The van der Waals surface area contributed by atoms with E-state index in [9.17, 15) is 14.0 Å². The molecule has 0 bridgehead atoms. The molecule has 23 heavy (non-hydrogen) atoms. The van der Waals surface area contributed by atoms with Crippen molar-refractivity contribution in [1.29, 1.82) is 0 Å². The Bertz CT molecular complexity index is 731. The van der Waals surface area contributed by atoms with Crippen LogP contribution in [0.1, 0.15) is 23.5 Å². The van der Waals surface area contributed by atoms with Crippen molar-refractivity contribution in [2.45, 2.75) is 18.8 Å². The van der Waals surface area contributed by atoms with E-state index in [0.717, 1.165) is 12.0 Å². The number of carbonyl (C=O) groups excluding carboxylic acids is 2. The van der Waals surface area contributed by atoms with E-state index < -0.39 is 11.7 Å². The van der Waals surface area contributed by atoms with Crippen molar-refractivity contribution >= 4 is 17.5 Å². The molecular formula is C18H17FN2O2. The van der Waals surface area contributed by atoms with E-state index in [1.165, 1.54) is 12.1 Å². The van der Waals surface area contributed by atoms with Gasteiger partial charge in [0.05, 0.1) is 5.92 Å². The lowest BCUT2D eigenvalue weighted by Crippen LogP contribution is -2.36. The molecule has 5 heteroatoms. The Morgan fingerprint density at radius 2 is 2.00 bits per heavy atom. The van der Waals surface area contributed by atoms with Crippen LogP contribution in [0, 0.1) is 5.82 Å². The Morgan fingerprint density at radius 3 is 2.78 bits per heavy atom. The molecule has 2 N–H and O–H groups in total. The number of hydrogen-bond donors (Lipinski definition) is 2. The minimum Gasteiger partial charge on any atom is -0.355 e. The molecule has 0 fully saturated rings. The number of amides is 2. The maximum atomic E-state index is 13.3. The standard InChI is InChI=1S/C18H17FN2O2/c19-13-6-7-14-15(11-17(22)21-16(14)10-13)18(23)20-9-8-12-4-2-1-3-5-12/h1-7,10,15H,8-9,11H2,(H,20,23)(H,21,22). The van der Waals surface area contributed by atoms with Crippen LogP contribution in [0.4, 0.5) is 10.1 Å². The van der Waals surface area contributed by atoms with E-state index in [1.54, 1.807) is 6.07 Å². The molecule has 118 valence electrons. The van der Waals surface area contributed by atoms with E-state index >= 15 is 0 Å². The second-order valence-electron chi connectivity index (χ2n) is 5.56. The van der Waals surface area contributed by atoms with E-state index in [2.05, 4.69) is 10.6 Å². The van der Waals surface area contributed by atoms with Crippen molar-refractivity contribution in [2.24, 2.45) is 0 Å². The van der Waals surface area contributed by atoms with Crippen LogP contribution < -0.4 is 10.6 Å². The van der Waals surface area contributed by atoms with Gasteiger partial charge in [-0.25, -0.2) is 4.39 Å². The van der Waals surface area contributed by atoms with Gasteiger partial charge in [-0.15, -0.1) is 0 Å². The predicted octanol–water partition coefficient (Wildman–Crippen LogP) is 2.61. The lowest BCUT2D eigenvalue weighted by Gasteiger charge is -2.24. The topological polar surface area (TPSA) is 58.2 Å². The highest BCUT2D eigenvalue weighted by atomic mass is 19.1. The van der Waals surface area contributed by atoms with Gasteiger partial charge in [-0.3, -0.25) is 9.59 Å². The zero-order valence-corrected chi connectivity index (χ0v) is 12.5. The fraction of sp³-hybridized carbons (Fsp3) is 0.222. The average molecular weight is 312 g/mol. The number of hydrogen-bond acceptors (Lipinski definition) is 2. The fourth-order valence-corrected chi connectivity index (χ4v) is 2.77. The summed E-state index contributed by atoms with van der Waals surface area (Å²) in [5.74, 6) is -1.49. The predicted molar refractivity (Wildman–Crippen MR) is 85.5 cm³/mol. The molecule has 3 rings (SSSR count). The van der Waals surface area contributed by atoms with Gasteiger partial charge in [0.25, 0.3) is 0 Å². The summed E-state index contributed by atoms with van der Waals surface area (Å²) in [6.45, 7) is 0.498. The maximum Gasteiger partial charge on any atom is 0.228 e. The molecule has 0 radical (unpaired) electrons. The number of nitrogens with one attached hydrogen (secondary N) is 2. The van der Waals surface area contributed by atoms with Crippen molar-refractivity contribution in [1.82, 2.24) is 5.32 Å². The smallest absolute Gasteiger partial charge is 0.228 e. The zero-order valence-electron chi connectivity index (χ0n) is 12.5. The minimum atomic E-state index is -0.574. The van der Waals surface area contributed by atoms with Crippen molar-refractivity contribution in [3.8, 4) is 0 Å². The molecular weight excluding hydrogens is 295 g/mol. The first-order chi connectivity index (χ1) is 11.1. The monoisotopic (exact) mass is 312 g/mol. The van der Waals surface area contributed by atoms with Crippen molar-refractivity contribution < 1.29 is 14.0 Å². The highest BCUT2D eigenvalue weighted by Crippen LogP contribution is 2.32. The summed E-state index contributed by atoms with van der Waals surface area (Å²) in [5.41, 5.74) is 2.17. The third kappa shape index (κ3) is 3.56. The molecule has 1 atom stereocenters. The second-order valence-corrected chi connectivity index (χ2v) is 5.56. The summed E-state index contributed by atoms with van der Waals surface area (Å²) in [7, 11) is 0. The third-order valence-corrected chi connectivity index (χ3v) is 3.93. The van der Waals surface area contributed by atoms with Crippen LogP contribution in [0.2, 0.25) is 0 Å². The third-order valence-electron chi connectivity index (χ3n) is 3.93. The zero-order chi connectivity index (χ0) is 16.2. The molecule has 1 aliphatic rings. The SMILES string of the molecule is O=C1CC(C(=O)NCCc2ccccc2)c2ccc(F)cc2N1. The quantitative estimate of drug-likeness (QED) is 0.912. The van der Waals surface area contributed by atoms with Crippen LogP contribution in [0.25, 0.3) is 0 Å². The summed E-state index contributed by atoms with van der Waals surface area (Å²) >= 11 is 0. The van der Waals surface area contributed by atoms with E-state index in [4.69, 9.17) is 0 Å². The molecule has 0 saturated heterocycles. The number of fused-ring (bicyclic) bond motifs is 1. The lowest BCUT2D eigenvalue weighted by atomic mass is 9.89. The van der Waals surface area contributed by atoms with Gasteiger partial charge in [-0.2, -0.15) is 0 Å². The van der Waals surface area contributed by atoms with Gasteiger partial charge in [0.1, 0.15) is 5.82 Å². The van der Waals surface area contributed by atoms with Gasteiger partial charge < -0.3 is 10.6 Å². The Balaban J connectivity index is 1.67. The summed E-state index contributed by atoms with van der Waals surface area (Å²) in [6.07, 6.45) is 0.803. The molecule has 4 nitrogen and oxygen atoms in total. The first-order valence-corrected chi connectivity index (χ1v) is 7.54. The first-order valence-electron chi connectivity index (χ1n) is 7.54. The molecule has 2 amide bonds. The molecule has 1 aliphatic heterocycles. The maximum absolute atomic E-state index is 13.3. The highest BCUT2D eigenvalue weighted by Gasteiger charge is 2.30. The molecule has 0 aliphatic carbocycles. The van der Waals surface area contributed by atoms with Crippen molar-refractivity contribution in [3.63, 3.8) is 0 Å². The fourth-order valence-electron chi connectivity index (χ4n) is 2.77. The van der Waals surface area contributed by atoms with Crippen molar-refractivity contribution in [2.75, 3.05) is 11.9 Å². The number of carbonyl (C=O) groups is 2. The van der Waals surface area contributed by atoms with Crippen LogP contribution in [0.3, 0.4) is 0 Å². The van der Waals surface area contributed by atoms with Crippen molar-refractivity contribution in [3.05, 3.63) is 65.5 Å². The van der Waals surface area contributed by atoms with Gasteiger partial charge in [0.15, 0.2) is 0 Å². The molecule has 0 aromatic heterocycles. The van der Waals surface area contributed by atoms with Gasteiger partial charge in [-0.1, -0.05) is 36.4 Å². The summed E-state index contributed by atoms with van der Waals surface area (Å²) in [5, 5.41) is 5.47. The minimum absolute atomic E-state index is 0.0792. The molecule has 2 aromatic carbocycles. The summed E-state index contributed by atoms with van der Waals surface area (Å²) in [6, 6.07) is 14.0.